The summed E-state index contributed by atoms with van der Waals surface area (Å²) in [7, 11) is 0. The van der Waals surface area contributed by atoms with Gasteiger partial charge in [0.2, 0.25) is 6.79 Å². The largest absolute Gasteiger partial charge is 0.454 e. The van der Waals surface area contributed by atoms with Crippen LogP contribution in [0.3, 0.4) is 0 Å². The summed E-state index contributed by atoms with van der Waals surface area (Å²) < 4.78 is 13.0. The minimum atomic E-state index is -0.394. The molecule has 0 atom stereocenters. The number of nitrogens with zero attached hydrogens (tertiary/aromatic N) is 3. The summed E-state index contributed by atoms with van der Waals surface area (Å²) in [6.45, 7) is 0.450. The molecular weight excluding hydrogens is 450 g/mol. The third kappa shape index (κ3) is 3.63. The Balaban J connectivity index is 1.42. The SMILES string of the molecule is O=C1/C(=C\c2cccn2Cc2ccccc2[N+](=O)[O-])SC(=S)N1c1ccc2c(c1)OCO2. The van der Waals surface area contributed by atoms with Crippen LogP contribution < -0.4 is 14.4 Å². The van der Waals surface area contributed by atoms with Crippen molar-refractivity contribution in [2.75, 3.05) is 11.7 Å². The molecule has 3 aromatic rings. The van der Waals surface area contributed by atoms with Gasteiger partial charge in [-0.3, -0.25) is 19.8 Å². The minimum absolute atomic E-state index is 0.0567. The highest BCUT2D eigenvalue weighted by Gasteiger charge is 2.34. The molecule has 32 heavy (non-hydrogen) atoms. The van der Waals surface area contributed by atoms with Gasteiger partial charge in [-0.25, -0.2) is 0 Å². The molecule has 0 aliphatic carbocycles. The molecule has 3 heterocycles. The lowest BCUT2D eigenvalue weighted by atomic mass is 10.2. The van der Waals surface area contributed by atoms with E-state index in [4.69, 9.17) is 21.7 Å². The fourth-order valence-electron chi connectivity index (χ4n) is 3.56. The molecule has 0 unspecified atom stereocenters. The van der Waals surface area contributed by atoms with E-state index in [0.29, 0.717) is 38.5 Å². The van der Waals surface area contributed by atoms with Crippen LogP contribution >= 0.6 is 24.0 Å². The first-order chi connectivity index (χ1) is 15.5. The van der Waals surface area contributed by atoms with Crippen LogP contribution in [0.4, 0.5) is 11.4 Å². The Bertz CT molecular complexity index is 1300. The standard InChI is InChI=1S/C22H15N3O5S2/c26-21-20(32-22(31)24(21)16-7-8-18-19(10-16)30-13-29-18)11-15-5-3-9-23(15)12-14-4-1-2-6-17(14)25(27)28/h1-11H,12-13H2/b20-11+. The van der Waals surface area contributed by atoms with Crippen molar-refractivity contribution in [1.29, 1.82) is 0 Å². The summed E-state index contributed by atoms with van der Waals surface area (Å²) in [5.74, 6) is 0.957. The number of benzene rings is 2. The van der Waals surface area contributed by atoms with Crippen molar-refractivity contribution >= 4 is 51.7 Å². The maximum Gasteiger partial charge on any atom is 0.274 e. The molecule has 1 saturated heterocycles. The molecule has 0 radical (unpaired) electrons. The molecule has 1 fully saturated rings. The molecular formula is C22H15N3O5S2. The van der Waals surface area contributed by atoms with Crippen molar-refractivity contribution in [2.24, 2.45) is 0 Å². The van der Waals surface area contributed by atoms with E-state index in [1.54, 1.807) is 42.5 Å². The topological polar surface area (TPSA) is 86.8 Å². The monoisotopic (exact) mass is 465 g/mol. The van der Waals surface area contributed by atoms with Crippen molar-refractivity contribution in [2.45, 2.75) is 6.54 Å². The fourth-order valence-corrected chi connectivity index (χ4v) is 4.84. The number of nitro groups is 1. The van der Waals surface area contributed by atoms with E-state index in [1.165, 1.54) is 22.7 Å². The third-order valence-electron chi connectivity index (χ3n) is 5.08. The van der Waals surface area contributed by atoms with Gasteiger partial charge in [0.05, 0.1) is 22.1 Å². The first kappa shape index (κ1) is 20.3. The highest BCUT2D eigenvalue weighted by molar-refractivity contribution is 8.27. The molecule has 1 aromatic heterocycles. The van der Waals surface area contributed by atoms with Gasteiger partial charge in [0.1, 0.15) is 0 Å². The molecule has 2 aliphatic rings. The lowest BCUT2D eigenvalue weighted by Crippen LogP contribution is -2.27. The molecule has 10 heteroatoms. The van der Waals surface area contributed by atoms with Gasteiger partial charge in [-0.1, -0.05) is 42.2 Å². The second-order valence-corrected chi connectivity index (χ2v) is 8.68. The molecule has 1 amide bonds. The molecule has 0 saturated carbocycles. The summed E-state index contributed by atoms with van der Waals surface area (Å²) in [6.07, 6.45) is 3.57. The van der Waals surface area contributed by atoms with Gasteiger partial charge in [-0.05, 0) is 30.3 Å². The number of fused-ring (bicyclic) bond motifs is 1. The van der Waals surface area contributed by atoms with Crippen molar-refractivity contribution in [3.8, 4) is 11.5 Å². The number of amides is 1. The number of hydrogen-bond acceptors (Lipinski definition) is 7. The molecule has 0 N–H and O–H groups in total. The van der Waals surface area contributed by atoms with Gasteiger partial charge in [-0.15, -0.1) is 0 Å². The summed E-state index contributed by atoms with van der Waals surface area (Å²) >= 11 is 6.66. The fraction of sp³-hybridized carbons (Fsp3) is 0.0909. The number of carbonyl (C=O) groups is 1. The molecule has 160 valence electrons. The predicted molar refractivity (Wildman–Crippen MR) is 125 cm³/mol. The van der Waals surface area contributed by atoms with Crippen molar-refractivity contribution in [3.05, 3.63) is 87.1 Å². The molecule has 0 bridgehead atoms. The zero-order valence-electron chi connectivity index (χ0n) is 16.5. The van der Waals surface area contributed by atoms with Crippen LogP contribution in [0.5, 0.6) is 11.5 Å². The lowest BCUT2D eigenvalue weighted by Gasteiger charge is -2.14. The summed E-state index contributed by atoms with van der Waals surface area (Å²) in [5.41, 5.74) is 1.99. The van der Waals surface area contributed by atoms with Gasteiger partial charge in [0.15, 0.2) is 15.8 Å². The Morgan fingerprint density at radius 3 is 2.78 bits per heavy atom. The zero-order valence-corrected chi connectivity index (χ0v) is 18.1. The van der Waals surface area contributed by atoms with Gasteiger partial charge < -0.3 is 14.0 Å². The van der Waals surface area contributed by atoms with Crippen molar-refractivity contribution in [3.63, 3.8) is 0 Å². The number of hydrogen-bond donors (Lipinski definition) is 0. The van der Waals surface area contributed by atoms with E-state index in [-0.39, 0.29) is 18.4 Å². The van der Waals surface area contributed by atoms with E-state index in [9.17, 15) is 14.9 Å². The molecule has 2 aliphatic heterocycles. The number of para-hydroxylation sites is 1. The van der Waals surface area contributed by atoms with Crippen LogP contribution in [-0.2, 0) is 11.3 Å². The molecule has 5 rings (SSSR count). The summed E-state index contributed by atoms with van der Waals surface area (Å²) in [5, 5.41) is 11.3. The van der Waals surface area contributed by atoms with E-state index in [0.717, 1.165) is 5.69 Å². The van der Waals surface area contributed by atoms with Crippen LogP contribution in [0.1, 0.15) is 11.3 Å². The number of nitro benzene ring substituents is 1. The van der Waals surface area contributed by atoms with E-state index in [2.05, 4.69) is 0 Å². The number of thiocarbonyl (C=S) groups is 1. The number of ether oxygens (including phenoxy) is 2. The number of thioether (sulfide) groups is 1. The number of anilines is 1. The smallest absolute Gasteiger partial charge is 0.274 e. The maximum absolute atomic E-state index is 13.1. The predicted octanol–water partition coefficient (Wildman–Crippen LogP) is 4.58. The van der Waals surface area contributed by atoms with Gasteiger partial charge in [0, 0.05) is 29.6 Å². The first-order valence-corrected chi connectivity index (χ1v) is 10.8. The van der Waals surface area contributed by atoms with Crippen LogP contribution in [0.15, 0.2) is 65.7 Å². The average Bonchev–Trinajstić information content (AvgIpc) is 3.48. The maximum atomic E-state index is 13.1. The van der Waals surface area contributed by atoms with Crippen LogP contribution in [0.2, 0.25) is 0 Å². The highest BCUT2D eigenvalue weighted by Crippen LogP contribution is 2.40. The Hall–Kier alpha value is -3.63. The van der Waals surface area contributed by atoms with Crippen LogP contribution in [-0.4, -0.2) is 26.5 Å². The second-order valence-electron chi connectivity index (χ2n) is 7.00. The van der Waals surface area contributed by atoms with Crippen LogP contribution in [0.25, 0.3) is 6.08 Å². The Kier molecular flexibility index (Phi) is 5.16. The number of aromatic nitrogens is 1. The number of rotatable bonds is 5. The quantitative estimate of drug-likeness (QED) is 0.236. The van der Waals surface area contributed by atoms with Crippen molar-refractivity contribution < 1.29 is 19.2 Å². The van der Waals surface area contributed by atoms with E-state index in [1.807, 2.05) is 22.9 Å². The number of carbonyl (C=O) groups excluding carboxylic acids is 1. The van der Waals surface area contributed by atoms with Crippen LogP contribution in [0, 0.1) is 10.1 Å². The third-order valence-corrected chi connectivity index (χ3v) is 6.38. The lowest BCUT2D eigenvalue weighted by molar-refractivity contribution is -0.385. The van der Waals surface area contributed by atoms with E-state index < -0.39 is 4.92 Å². The molecule has 2 aromatic carbocycles. The first-order valence-electron chi connectivity index (χ1n) is 9.56. The molecule has 8 nitrogen and oxygen atoms in total. The second kappa shape index (κ2) is 8.13. The van der Waals surface area contributed by atoms with E-state index >= 15 is 0 Å². The Morgan fingerprint density at radius 1 is 1.12 bits per heavy atom. The summed E-state index contributed by atoms with van der Waals surface area (Å²) in [6, 6.07) is 15.5. The zero-order chi connectivity index (χ0) is 22.2. The summed E-state index contributed by atoms with van der Waals surface area (Å²) in [4.78, 5) is 26.0. The average molecular weight is 466 g/mol. The van der Waals surface area contributed by atoms with Gasteiger partial charge >= 0.3 is 0 Å². The minimum Gasteiger partial charge on any atom is -0.454 e. The van der Waals surface area contributed by atoms with Gasteiger partial charge in [0.25, 0.3) is 11.6 Å². The Labute approximate surface area is 192 Å². The highest BCUT2D eigenvalue weighted by atomic mass is 32.2. The van der Waals surface area contributed by atoms with Crippen molar-refractivity contribution in [1.82, 2.24) is 4.57 Å². The normalized spacial score (nSPS) is 16.2. The molecule has 0 spiro atoms. The Morgan fingerprint density at radius 2 is 1.94 bits per heavy atom. The van der Waals surface area contributed by atoms with Gasteiger partial charge in [-0.2, -0.15) is 0 Å².